The number of methoxy groups -OCH3 is 3. The van der Waals surface area contributed by atoms with Crippen LogP contribution in [-0.4, -0.2) is 74.1 Å². The van der Waals surface area contributed by atoms with Crippen LogP contribution < -0.4 is 14.2 Å². The molecule has 0 unspecified atom stereocenters. The smallest absolute Gasteiger partial charge is 0.295 e. The number of ether oxygens (including phenoxy) is 3. The minimum absolute atomic E-state index is 0.0475. The van der Waals surface area contributed by atoms with Gasteiger partial charge in [0.2, 0.25) is 0 Å². The first kappa shape index (κ1) is 26.1. The number of carbonyl (C=O) groups excluding carboxylic acids is 2. The van der Waals surface area contributed by atoms with Crippen molar-refractivity contribution in [3.05, 3.63) is 58.7 Å². The van der Waals surface area contributed by atoms with Crippen LogP contribution in [0.1, 0.15) is 36.6 Å². The third-order valence-electron chi connectivity index (χ3n) is 6.48. The summed E-state index contributed by atoms with van der Waals surface area (Å²) in [5, 5.41) is 11.3. The molecule has 2 aromatic carbocycles. The molecule has 1 aliphatic rings. The Bertz CT molecular complexity index is 1120. The highest BCUT2D eigenvalue weighted by atomic mass is 16.5. The number of benzene rings is 2. The number of rotatable bonds is 10. The van der Waals surface area contributed by atoms with Crippen LogP contribution in [-0.2, 0) is 9.59 Å². The van der Waals surface area contributed by atoms with E-state index in [9.17, 15) is 14.7 Å². The topological polar surface area (TPSA) is 88.5 Å². The highest BCUT2D eigenvalue weighted by Gasteiger charge is 2.46. The van der Waals surface area contributed by atoms with Gasteiger partial charge in [-0.2, -0.15) is 0 Å². The molecule has 0 spiro atoms. The summed E-state index contributed by atoms with van der Waals surface area (Å²) in [6, 6.07) is 9.64. The molecule has 0 bridgehead atoms. The van der Waals surface area contributed by atoms with E-state index in [1.165, 1.54) is 12.0 Å². The summed E-state index contributed by atoms with van der Waals surface area (Å²) in [7, 11) is 4.64. The van der Waals surface area contributed by atoms with Crippen LogP contribution in [0.4, 0.5) is 0 Å². The van der Waals surface area contributed by atoms with Gasteiger partial charge >= 0.3 is 0 Å². The van der Waals surface area contributed by atoms with E-state index < -0.39 is 17.7 Å². The number of aliphatic hydroxyl groups excluding tert-OH is 1. The first-order valence-electron chi connectivity index (χ1n) is 11.7. The third kappa shape index (κ3) is 5.12. The molecule has 8 heteroatoms. The molecule has 1 atom stereocenters. The van der Waals surface area contributed by atoms with E-state index in [-0.39, 0.29) is 11.3 Å². The average Bonchev–Trinajstić information content (AvgIpc) is 3.13. The molecule has 0 aliphatic carbocycles. The van der Waals surface area contributed by atoms with E-state index in [2.05, 4.69) is 18.7 Å². The van der Waals surface area contributed by atoms with Gasteiger partial charge in [0.15, 0.2) is 11.5 Å². The van der Waals surface area contributed by atoms with Gasteiger partial charge in [0.25, 0.3) is 11.7 Å². The van der Waals surface area contributed by atoms with Crippen molar-refractivity contribution in [1.82, 2.24) is 9.80 Å². The largest absolute Gasteiger partial charge is 0.507 e. The molecule has 188 valence electrons. The number of amides is 1. The Morgan fingerprint density at radius 1 is 0.943 bits per heavy atom. The maximum Gasteiger partial charge on any atom is 0.295 e. The second-order valence-electron chi connectivity index (χ2n) is 8.32. The highest BCUT2D eigenvalue weighted by Crippen LogP contribution is 2.42. The monoisotopic (exact) mass is 482 g/mol. The number of nitrogens with zero attached hydrogens (tertiary/aromatic N) is 2. The lowest BCUT2D eigenvalue weighted by atomic mass is 9.94. The molecule has 1 heterocycles. The first-order valence-corrected chi connectivity index (χ1v) is 11.7. The minimum atomic E-state index is -0.771. The number of aliphatic hydroxyl groups is 1. The number of likely N-dealkylation sites (tertiary alicyclic amines) is 1. The van der Waals surface area contributed by atoms with Crippen LogP contribution in [0, 0.1) is 6.92 Å². The lowest BCUT2D eigenvalue weighted by Crippen LogP contribution is -2.38. The summed E-state index contributed by atoms with van der Waals surface area (Å²) in [5.41, 5.74) is 1.94. The van der Waals surface area contributed by atoms with Crippen LogP contribution in [0.3, 0.4) is 0 Å². The molecule has 2 aromatic rings. The standard InChI is InChI=1S/C27H34N2O6/c1-7-28(8-2)13-14-29-24(18-9-12-21(34-5)22(16-18)35-6)23(26(31)27(29)32)25(30)19-10-11-20(33-4)17(3)15-19/h9-12,15-16,24,30H,7-8,13-14H2,1-6H3/b25-23+/t24-/m1/s1. The van der Waals surface area contributed by atoms with E-state index in [1.54, 1.807) is 50.6 Å². The molecule has 1 saturated heterocycles. The summed E-state index contributed by atoms with van der Waals surface area (Å²) in [5.74, 6) is 0.0951. The van der Waals surface area contributed by atoms with Crippen LogP contribution in [0.5, 0.6) is 17.2 Å². The number of hydrogen-bond donors (Lipinski definition) is 1. The molecule has 3 rings (SSSR count). The van der Waals surface area contributed by atoms with E-state index >= 15 is 0 Å². The molecule has 1 fully saturated rings. The van der Waals surface area contributed by atoms with Crippen LogP contribution >= 0.6 is 0 Å². The normalized spacial score (nSPS) is 17.2. The molecular formula is C27H34N2O6. The Kier molecular flexibility index (Phi) is 8.40. The zero-order valence-corrected chi connectivity index (χ0v) is 21.3. The van der Waals surface area contributed by atoms with Crippen LogP contribution in [0.2, 0.25) is 0 Å². The summed E-state index contributed by atoms with van der Waals surface area (Å²) >= 11 is 0. The van der Waals surface area contributed by atoms with Crippen LogP contribution in [0.25, 0.3) is 5.76 Å². The van der Waals surface area contributed by atoms with Crippen LogP contribution in [0.15, 0.2) is 42.0 Å². The molecule has 35 heavy (non-hydrogen) atoms. The van der Waals surface area contributed by atoms with Crippen molar-refractivity contribution in [3.63, 3.8) is 0 Å². The van der Waals surface area contributed by atoms with Crippen molar-refractivity contribution < 1.29 is 28.9 Å². The summed E-state index contributed by atoms with van der Waals surface area (Å²) in [4.78, 5) is 30.2. The number of ketones is 1. The van der Waals surface area contributed by atoms with Crippen molar-refractivity contribution in [2.75, 3.05) is 47.5 Å². The Morgan fingerprint density at radius 3 is 2.14 bits per heavy atom. The Labute approximate surface area is 206 Å². The average molecular weight is 483 g/mol. The van der Waals surface area contributed by atoms with Crippen molar-refractivity contribution in [1.29, 1.82) is 0 Å². The summed E-state index contributed by atoms with van der Waals surface area (Å²) < 4.78 is 16.1. The first-order chi connectivity index (χ1) is 16.8. The third-order valence-corrected chi connectivity index (χ3v) is 6.48. The molecular weight excluding hydrogens is 448 g/mol. The molecule has 0 radical (unpaired) electrons. The lowest BCUT2D eigenvalue weighted by molar-refractivity contribution is -0.140. The molecule has 0 saturated carbocycles. The van der Waals surface area contributed by atoms with E-state index in [0.29, 0.717) is 41.5 Å². The van der Waals surface area contributed by atoms with Crippen molar-refractivity contribution in [2.45, 2.75) is 26.8 Å². The minimum Gasteiger partial charge on any atom is -0.507 e. The van der Waals surface area contributed by atoms with E-state index in [0.717, 1.165) is 18.7 Å². The van der Waals surface area contributed by atoms with Gasteiger partial charge in [-0.05, 0) is 61.5 Å². The van der Waals surface area contributed by atoms with Gasteiger partial charge in [-0.3, -0.25) is 9.59 Å². The molecule has 1 aliphatic heterocycles. The Hall–Kier alpha value is -3.52. The molecule has 8 nitrogen and oxygen atoms in total. The summed E-state index contributed by atoms with van der Waals surface area (Å²) in [6.07, 6.45) is 0. The Balaban J connectivity index is 2.17. The second-order valence-corrected chi connectivity index (χ2v) is 8.32. The zero-order valence-electron chi connectivity index (χ0n) is 21.3. The van der Waals surface area contributed by atoms with Crippen molar-refractivity contribution >= 4 is 17.4 Å². The van der Waals surface area contributed by atoms with E-state index in [4.69, 9.17) is 14.2 Å². The summed E-state index contributed by atoms with van der Waals surface area (Å²) in [6.45, 7) is 8.54. The number of likely N-dealkylation sites (N-methyl/N-ethyl adjacent to an activating group) is 1. The fourth-order valence-corrected chi connectivity index (χ4v) is 4.45. The quantitative estimate of drug-likeness (QED) is 0.313. The lowest BCUT2D eigenvalue weighted by Gasteiger charge is -2.28. The fourth-order valence-electron chi connectivity index (χ4n) is 4.45. The van der Waals surface area contributed by atoms with Gasteiger partial charge in [-0.1, -0.05) is 19.9 Å². The molecule has 1 N–H and O–H groups in total. The van der Waals surface area contributed by atoms with Gasteiger partial charge < -0.3 is 29.1 Å². The van der Waals surface area contributed by atoms with Gasteiger partial charge in [0.1, 0.15) is 11.5 Å². The van der Waals surface area contributed by atoms with Gasteiger partial charge in [-0.25, -0.2) is 0 Å². The van der Waals surface area contributed by atoms with Gasteiger partial charge in [0, 0.05) is 18.7 Å². The maximum absolute atomic E-state index is 13.3. The predicted octanol–water partition coefficient (Wildman–Crippen LogP) is 3.78. The highest BCUT2D eigenvalue weighted by molar-refractivity contribution is 6.46. The van der Waals surface area contributed by atoms with Gasteiger partial charge in [0.05, 0.1) is 32.9 Å². The van der Waals surface area contributed by atoms with E-state index in [1.807, 2.05) is 6.92 Å². The number of aryl methyl sites for hydroxylation is 1. The van der Waals surface area contributed by atoms with Gasteiger partial charge in [-0.15, -0.1) is 0 Å². The number of hydrogen-bond acceptors (Lipinski definition) is 7. The fraction of sp³-hybridized carbons (Fsp3) is 0.407. The second kappa shape index (κ2) is 11.3. The molecule has 1 amide bonds. The zero-order chi connectivity index (χ0) is 25.7. The molecule has 0 aromatic heterocycles. The maximum atomic E-state index is 13.3. The number of carbonyl (C=O) groups is 2. The number of Topliss-reactive ketones (excluding diaryl/α,β-unsaturated/α-hetero) is 1. The predicted molar refractivity (Wildman–Crippen MR) is 134 cm³/mol. The Morgan fingerprint density at radius 2 is 1.57 bits per heavy atom. The SMILES string of the molecule is CCN(CC)CCN1C(=O)C(=O)/C(=C(/O)c2ccc(OC)c(C)c2)[C@H]1c1ccc(OC)c(OC)c1. The van der Waals surface area contributed by atoms with Crippen molar-refractivity contribution in [3.8, 4) is 17.2 Å². The van der Waals surface area contributed by atoms with Crippen molar-refractivity contribution in [2.24, 2.45) is 0 Å².